The largest absolute Gasteiger partial charge is 0.352 e. The molecule has 6 N–H and O–H groups in total. The number of rotatable bonds is 8. The van der Waals surface area contributed by atoms with Crippen molar-refractivity contribution in [1.29, 1.82) is 0 Å². The molecule has 0 amide bonds. The van der Waals surface area contributed by atoms with Gasteiger partial charge in [-0.25, -0.2) is 0 Å². The third-order valence-electron chi connectivity index (χ3n) is 3.07. The maximum Gasteiger partial charge on any atom is 0.352 e. The molecular weight excluding hydrogens is 369 g/mol. The summed E-state index contributed by atoms with van der Waals surface area (Å²) in [4.78, 5) is 55.1. The highest BCUT2D eigenvalue weighted by atomic mass is 31.2. The molecule has 0 radical (unpaired) electrons. The Hall–Kier alpha value is -0.0700. The van der Waals surface area contributed by atoms with Gasteiger partial charge in [-0.2, -0.15) is 0 Å². The summed E-state index contributed by atoms with van der Waals surface area (Å²) in [6, 6.07) is 0. The fraction of sp³-hybridized carbons (Fsp3) is 0.636. The van der Waals surface area contributed by atoms with Crippen LogP contribution in [0.25, 0.3) is 0 Å². The van der Waals surface area contributed by atoms with E-state index in [0.717, 1.165) is 5.57 Å². The molecule has 0 aliphatic rings. The van der Waals surface area contributed by atoms with Crippen molar-refractivity contribution in [2.24, 2.45) is 0 Å². The molecule has 0 aromatic heterocycles. The summed E-state index contributed by atoms with van der Waals surface area (Å²) in [5.41, 5.74) is 1.14. The lowest BCUT2D eigenvalue weighted by molar-refractivity contribution is 0.337. The lowest BCUT2D eigenvalue weighted by atomic mass is 10.1. The first-order valence-corrected chi connectivity index (χ1v) is 11.5. The molecule has 0 fully saturated rings. The molecule has 0 atom stereocenters. The van der Waals surface area contributed by atoms with Crippen molar-refractivity contribution in [3.8, 4) is 0 Å². The van der Waals surface area contributed by atoms with Gasteiger partial charge >= 0.3 is 22.8 Å². The predicted octanol–water partition coefficient (Wildman–Crippen LogP) is 2.26. The Morgan fingerprint density at radius 1 is 0.913 bits per heavy atom. The van der Waals surface area contributed by atoms with Crippen molar-refractivity contribution in [3.05, 3.63) is 22.5 Å². The molecule has 0 spiro atoms. The molecule has 0 aromatic rings. The standard InChI is InChI=1S/C11H23O9P3/c1-8(2)5-4-6-9(3)10(21(12,13)14)7-11(22(15,16)17)23(18,19)20/h5,11H,4,6-7H2,1-3H3,(H2,12,13,14)(H2,15,16,17)(H2,18,19,20). The Bertz CT molecular complexity index is 593. The molecule has 0 aliphatic carbocycles. The van der Waals surface area contributed by atoms with Gasteiger partial charge in [0.2, 0.25) is 0 Å². The molecular formula is C11H23O9P3. The van der Waals surface area contributed by atoms with E-state index in [0.29, 0.717) is 6.42 Å². The van der Waals surface area contributed by atoms with E-state index >= 15 is 0 Å². The van der Waals surface area contributed by atoms with E-state index in [9.17, 15) is 23.5 Å². The SMILES string of the molecule is CC(C)=CCCC(C)=C(CC(P(=O)(O)O)P(=O)(O)O)P(=O)(O)O. The molecule has 0 rings (SSSR count). The first-order valence-electron chi connectivity index (χ1n) is 6.55. The average Bonchev–Trinajstić information content (AvgIpc) is 2.22. The van der Waals surface area contributed by atoms with Crippen LogP contribution >= 0.6 is 22.8 Å². The van der Waals surface area contributed by atoms with Crippen molar-refractivity contribution in [2.45, 2.75) is 45.4 Å². The molecule has 0 aliphatic heterocycles. The normalized spacial score (nSPS) is 14.7. The second kappa shape index (κ2) is 8.34. The molecule has 0 heterocycles. The van der Waals surface area contributed by atoms with Crippen LogP contribution in [0.3, 0.4) is 0 Å². The summed E-state index contributed by atoms with van der Waals surface area (Å²) in [5.74, 6) is 0. The maximum absolute atomic E-state index is 11.6. The molecule has 0 saturated carbocycles. The second-order valence-electron chi connectivity index (χ2n) is 5.45. The summed E-state index contributed by atoms with van der Waals surface area (Å²) in [6.07, 6.45) is 1.37. The van der Waals surface area contributed by atoms with Crippen LogP contribution < -0.4 is 0 Å². The highest BCUT2D eigenvalue weighted by molar-refractivity contribution is 7.71. The van der Waals surface area contributed by atoms with Gasteiger partial charge in [0.15, 0.2) is 5.40 Å². The van der Waals surface area contributed by atoms with Gasteiger partial charge in [-0.15, -0.1) is 0 Å². The fourth-order valence-electron chi connectivity index (χ4n) is 1.87. The zero-order chi connectivity index (χ0) is 18.6. The van der Waals surface area contributed by atoms with Crippen molar-refractivity contribution in [1.82, 2.24) is 0 Å². The summed E-state index contributed by atoms with van der Waals surface area (Å²) in [7, 11) is -15.4. The van der Waals surface area contributed by atoms with Crippen LogP contribution in [0.15, 0.2) is 22.5 Å². The van der Waals surface area contributed by atoms with Crippen LogP contribution in [0, 0.1) is 0 Å². The zero-order valence-corrected chi connectivity index (χ0v) is 15.7. The Kier molecular flexibility index (Phi) is 8.32. The quantitative estimate of drug-likeness (QED) is 0.267. The lowest BCUT2D eigenvalue weighted by Crippen LogP contribution is -2.11. The third kappa shape index (κ3) is 8.54. The average molecular weight is 392 g/mol. The van der Waals surface area contributed by atoms with E-state index in [1.807, 2.05) is 19.9 Å². The number of hydrogen-bond acceptors (Lipinski definition) is 3. The minimum Gasteiger partial charge on any atom is -0.324 e. The van der Waals surface area contributed by atoms with Gasteiger partial charge in [-0.1, -0.05) is 17.2 Å². The van der Waals surface area contributed by atoms with E-state index < -0.39 is 39.9 Å². The summed E-state index contributed by atoms with van der Waals surface area (Å²) >= 11 is 0. The smallest absolute Gasteiger partial charge is 0.324 e. The summed E-state index contributed by atoms with van der Waals surface area (Å²) < 4.78 is 34.1. The van der Waals surface area contributed by atoms with Gasteiger partial charge in [0.1, 0.15) is 0 Å². The molecule has 23 heavy (non-hydrogen) atoms. The van der Waals surface area contributed by atoms with Crippen molar-refractivity contribution in [2.75, 3.05) is 0 Å². The molecule has 0 unspecified atom stereocenters. The Balaban J connectivity index is 5.75. The van der Waals surface area contributed by atoms with E-state index in [4.69, 9.17) is 19.6 Å². The van der Waals surface area contributed by atoms with Crippen LogP contribution in [-0.2, 0) is 13.7 Å². The van der Waals surface area contributed by atoms with Gasteiger partial charge in [-0.3, -0.25) is 13.7 Å². The Morgan fingerprint density at radius 2 is 1.35 bits per heavy atom. The predicted molar refractivity (Wildman–Crippen MR) is 85.9 cm³/mol. The van der Waals surface area contributed by atoms with Gasteiger partial charge in [0, 0.05) is 11.7 Å². The van der Waals surface area contributed by atoms with Gasteiger partial charge in [0.25, 0.3) is 0 Å². The molecule has 0 saturated heterocycles. The van der Waals surface area contributed by atoms with Gasteiger partial charge in [0.05, 0.1) is 0 Å². The van der Waals surface area contributed by atoms with Crippen molar-refractivity contribution >= 4 is 22.8 Å². The lowest BCUT2D eigenvalue weighted by Gasteiger charge is -2.22. The van der Waals surface area contributed by atoms with E-state index in [1.165, 1.54) is 6.92 Å². The Morgan fingerprint density at radius 3 is 1.65 bits per heavy atom. The maximum atomic E-state index is 11.6. The number of hydrogen-bond donors (Lipinski definition) is 6. The number of allylic oxidation sites excluding steroid dienone is 4. The van der Waals surface area contributed by atoms with Crippen molar-refractivity contribution < 1.29 is 43.1 Å². The van der Waals surface area contributed by atoms with E-state index in [-0.39, 0.29) is 12.0 Å². The zero-order valence-electron chi connectivity index (χ0n) is 13.0. The van der Waals surface area contributed by atoms with Gasteiger partial charge < -0.3 is 29.4 Å². The summed E-state index contributed by atoms with van der Waals surface area (Å²) in [5, 5.41) is -3.12. The first kappa shape index (κ1) is 22.9. The molecule has 136 valence electrons. The minimum absolute atomic E-state index is 0.155. The molecule has 9 nitrogen and oxygen atoms in total. The minimum atomic E-state index is -5.25. The monoisotopic (exact) mass is 392 g/mol. The first-order chi connectivity index (χ1) is 10.1. The third-order valence-corrected chi connectivity index (χ3v) is 8.06. The molecule has 12 heteroatoms. The van der Waals surface area contributed by atoms with Gasteiger partial charge in [-0.05, 0) is 33.6 Å². The van der Waals surface area contributed by atoms with Crippen LogP contribution in [0.1, 0.15) is 40.0 Å². The molecule has 0 bridgehead atoms. The van der Waals surface area contributed by atoms with Crippen LogP contribution in [0.5, 0.6) is 0 Å². The second-order valence-corrected chi connectivity index (χ2v) is 11.1. The highest BCUT2D eigenvalue weighted by Crippen LogP contribution is 2.65. The van der Waals surface area contributed by atoms with E-state index in [2.05, 4.69) is 0 Å². The summed E-state index contributed by atoms with van der Waals surface area (Å²) in [6.45, 7) is 5.03. The molecule has 0 aromatic carbocycles. The topological polar surface area (TPSA) is 173 Å². The van der Waals surface area contributed by atoms with Crippen molar-refractivity contribution in [3.63, 3.8) is 0 Å². The Labute approximate surface area is 134 Å². The van der Waals surface area contributed by atoms with Crippen LogP contribution in [0.2, 0.25) is 0 Å². The fourth-order valence-corrected chi connectivity index (χ4v) is 5.60. The van der Waals surface area contributed by atoms with Crippen LogP contribution in [0.4, 0.5) is 0 Å². The van der Waals surface area contributed by atoms with E-state index in [1.54, 1.807) is 0 Å². The van der Waals surface area contributed by atoms with Crippen LogP contribution in [-0.4, -0.2) is 34.8 Å². The highest BCUT2D eigenvalue weighted by Gasteiger charge is 2.45.